The van der Waals surface area contributed by atoms with Gasteiger partial charge in [0.25, 0.3) is 0 Å². The molecule has 0 aliphatic carbocycles. The highest BCUT2D eigenvalue weighted by molar-refractivity contribution is 5.81. The molecular weight excluding hydrogens is 176 g/mol. The van der Waals surface area contributed by atoms with Crippen molar-refractivity contribution in [2.75, 3.05) is 0 Å². The second kappa shape index (κ2) is 3.82. The van der Waals surface area contributed by atoms with Gasteiger partial charge < -0.3 is 4.74 Å². The molecule has 2 heteroatoms. The number of hydrogen-bond donors (Lipinski definition) is 0. The van der Waals surface area contributed by atoms with Crippen LogP contribution in [0.25, 0.3) is 0 Å². The van der Waals surface area contributed by atoms with Gasteiger partial charge in [-0.25, -0.2) is 0 Å². The fourth-order valence-electron chi connectivity index (χ4n) is 1.78. The average Bonchev–Trinajstić information content (AvgIpc) is 2.55. The molecular formula is C12H14O2. The quantitative estimate of drug-likeness (QED) is 0.540. The van der Waals surface area contributed by atoms with E-state index in [-0.39, 0.29) is 5.97 Å². The fraction of sp³-hybridized carbons (Fsp3) is 0.417. The van der Waals surface area contributed by atoms with Gasteiger partial charge in [-0.2, -0.15) is 0 Å². The van der Waals surface area contributed by atoms with Gasteiger partial charge in [-0.15, -0.1) is 0 Å². The molecule has 0 aromatic heterocycles. The largest absolute Gasteiger partial charge is 0.426 e. The summed E-state index contributed by atoms with van der Waals surface area (Å²) in [5.41, 5.74) is 2.22. The first kappa shape index (κ1) is 9.25. The highest BCUT2D eigenvalue weighted by Gasteiger charge is 2.22. The van der Waals surface area contributed by atoms with Crippen molar-refractivity contribution in [2.45, 2.75) is 32.6 Å². The Balaban J connectivity index is 2.25. The number of benzene rings is 1. The average molecular weight is 190 g/mol. The molecule has 1 heterocycles. The third kappa shape index (κ3) is 1.65. The molecule has 1 aliphatic heterocycles. The minimum atomic E-state index is -0.121. The van der Waals surface area contributed by atoms with Gasteiger partial charge in [0.05, 0.1) is 6.42 Å². The summed E-state index contributed by atoms with van der Waals surface area (Å²) < 4.78 is 5.20. The van der Waals surface area contributed by atoms with Crippen molar-refractivity contribution in [3.8, 4) is 5.75 Å². The van der Waals surface area contributed by atoms with Crippen LogP contribution >= 0.6 is 0 Å². The van der Waals surface area contributed by atoms with Crippen molar-refractivity contribution in [3.05, 3.63) is 29.3 Å². The van der Waals surface area contributed by atoms with E-state index in [4.69, 9.17) is 4.74 Å². The zero-order chi connectivity index (χ0) is 9.97. The Morgan fingerprint density at radius 1 is 1.43 bits per heavy atom. The second-order valence-electron chi connectivity index (χ2n) is 3.66. The van der Waals surface area contributed by atoms with Crippen molar-refractivity contribution in [1.82, 2.24) is 0 Å². The van der Waals surface area contributed by atoms with Crippen molar-refractivity contribution >= 4 is 5.97 Å². The van der Waals surface area contributed by atoms with E-state index in [1.165, 1.54) is 5.56 Å². The van der Waals surface area contributed by atoms with Gasteiger partial charge in [0.2, 0.25) is 0 Å². The van der Waals surface area contributed by atoms with E-state index >= 15 is 0 Å². The number of ether oxygens (including phenoxy) is 1. The standard InChI is InChI=1S/C12H14O2/c1-2-3-5-9-6-4-7-10-8-11(13)14-12(9)10/h4,6-7H,2-3,5,8H2,1H3. The highest BCUT2D eigenvalue weighted by atomic mass is 16.5. The number of unbranched alkanes of at least 4 members (excludes halogenated alkanes) is 1. The number of carbonyl (C=O) groups excluding carboxylic acids is 1. The number of rotatable bonds is 3. The predicted molar refractivity (Wildman–Crippen MR) is 54.4 cm³/mol. The Labute approximate surface area is 83.9 Å². The zero-order valence-electron chi connectivity index (χ0n) is 8.38. The minimum absolute atomic E-state index is 0.121. The Morgan fingerprint density at radius 2 is 2.29 bits per heavy atom. The third-order valence-electron chi connectivity index (χ3n) is 2.53. The van der Waals surface area contributed by atoms with E-state index in [9.17, 15) is 4.79 Å². The minimum Gasteiger partial charge on any atom is -0.426 e. The summed E-state index contributed by atoms with van der Waals surface area (Å²) in [4.78, 5) is 11.1. The van der Waals surface area contributed by atoms with Gasteiger partial charge in [0.15, 0.2) is 0 Å². The fourth-order valence-corrected chi connectivity index (χ4v) is 1.78. The molecule has 14 heavy (non-hydrogen) atoms. The smallest absolute Gasteiger partial charge is 0.315 e. The maximum atomic E-state index is 11.1. The summed E-state index contributed by atoms with van der Waals surface area (Å²) in [6.45, 7) is 2.16. The molecule has 0 amide bonds. The molecule has 1 aromatic rings. The lowest BCUT2D eigenvalue weighted by Gasteiger charge is -2.05. The van der Waals surface area contributed by atoms with Crippen LogP contribution in [-0.2, 0) is 17.6 Å². The molecule has 2 nitrogen and oxygen atoms in total. The molecule has 2 rings (SSSR count). The van der Waals surface area contributed by atoms with Crippen LogP contribution in [0.2, 0.25) is 0 Å². The Kier molecular flexibility index (Phi) is 2.53. The molecule has 74 valence electrons. The van der Waals surface area contributed by atoms with Crippen LogP contribution in [0.4, 0.5) is 0 Å². The van der Waals surface area contributed by atoms with Crippen molar-refractivity contribution in [2.24, 2.45) is 0 Å². The highest BCUT2D eigenvalue weighted by Crippen LogP contribution is 2.30. The monoisotopic (exact) mass is 190 g/mol. The number of carbonyl (C=O) groups is 1. The first-order valence-corrected chi connectivity index (χ1v) is 5.12. The van der Waals surface area contributed by atoms with Crippen LogP contribution in [0.5, 0.6) is 5.75 Å². The predicted octanol–water partition coefficient (Wildman–Crippen LogP) is 2.49. The summed E-state index contributed by atoms with van der Waals surface area (Å²) in [6, 6.07) is 6.02. The molecule has 0 spiro atoms. The lowest BCUT2D eigenvalue weighted by Crippen LogP contribution is -2.01. The molecule has 0 unspecified atom stereocenters. The normalized spacial score (nSPS) is 13.9. The Hall–Kier alpha value is -1.31. The number of para-hydroxylation sites is 1. The lowest BCUT2D eigenvalue weighted by molar-refractivity contribution is -0.131. The summed E-state index contributed by atoms with van der Waals surface area (Å²) in [5, 5.41) is 0. The van der Waals surface area contributed by atoms with Gasteiger partial charge in [0.1, 0.15) is 5.75 Å². The van der Waals surface area contributed by atoms with Crippen molar-refractivity contribution in [1.29, 1.82) is 0 Å². The Bertz CT molecular complexity index is 355. The zero-order valence-corrected chi connectivity index (χ0v) is 8.38. The molecule has 0 saturated carbocycles. The van der Waals surface area contributed by atoms with Crippen LogP contribution < -0.4 is 4.74 Å². The summed E-state index contributed by atoms with van der Waals surface area (Å²) in [5.74, 6) is 0.704. The maximum absolute atomic E-state index is 11.1. The first-order chi connectivity index (χ1) is 6.81. The van der Waals surface area contributed by atoms with Gasteiger partial charge in [-0.05, 0) is 18.4 Å². The van der Waals surface area contributed by atoms with Crippen LogP contribution in [0, 0.1) is 0 Å². The van der Waals surface area contributed by atoms with E-state index in [0.717, 1.165) is 30.6 Å². The van der Waals surface area contributed by atoms with E-state index in [0.29, 0.717) is 6.42 Å². The van der Waals surface area contributed by atoms with Crippen LogP contribution in [0.1, 0.15) is 30.9 Å². The van der Waals surface area contributed by atoms with E-state index in [1.807, 2.05) is 18.2 Å². The molecule has 1 aromatic carbocycles. The molecule has 0 bridgehead atoms. The number of hydrogen-bond acceptors (Lipinski definition) is 2. The molecule has 0 fully saturated rings. The molecule has 0 atom stereocenters. The summed E-state index contributed by atoms with van der Waals surface area (Å²) >= 11 is 0. The second-order valence-corrected chi connectivity index (χ2v) is 3.66. The van der Waals surface area contributed by atoms with Crippen LogP contribution in [0.3, 0.4) is 0 Å². The SMILES string of the molecule is CCCCc1cccc2c1OC(=O)C2. The molecule has 0 saturated heterocycles. The van der Waals surface area contributed by atoms with Gasteiger partial charge in [0, 0.05) is 5.56 Å². The van der Waals surface area contributed by atoms with Crippen LogP contribution in [-0.4, -0.2) is 5.97 Å². The first-order valence-electron chi connectivity index (χ1n) is 5.12. The summed E-state index contributed by atoms with van der Waals surface area (Å²) in [6.07, 6.45) is 3.76. The molecule has 0 radical (unpaired) electrons. The lowest BCUT2D eigenvalue weighted by atomic mass is 10.0. The molecule has 0 N–H and O–H groups in total. The number of aryl methyl sites for hydroxylation is 1. The number of esters is 1. The van der Waals surface area contributed by atoms with Gasteiger partial charge in [-0.3, -0.25) is 4.79 Å². The van der Waals surface area contributed by atoms with Crippen molar-refractivity contribution < 1.29 is 9.53 Å². The Morgan fingerprint density at radius 3 is 3.07 bits per heavy atom. The number of fused-ring (bicyclic) bond motifs is 1. The van der Waals surface area contributed by atoms with E-state index in [1.54, 1.807) is 0 Å². The van der Waals surface area contributed by atoms with Crippen LogP contribution in [0.15, 0.2) is 18.2 Å². The van der Waals surface area contributed by atoms with Crippen molar-refractivity contribution in [3.63, 3.8) is 0 Å². The third-order valence-corrected chi connectivity index (χ3v) is 2.53. The van der Waals surface area contributed by atoms with E-state index in [2.05, 4.69) is 6.92 Å². The topological polar surface area (TPSA) is 26.3 Å². The van der Waals surface area contributed by atoms with E-state index < -0.39 is 0 Å². The maximum Gasteiger partial charge on any atom is 0.315 e. The summed E-state index contributed by atoms with van der Waals surface area (Å²) in [7, 11) is 0. The molecule has 1 aliphatic rings. The van der Waals surface area contributed by atoms with Gasteiger partial charge >= 0.3 is 5.97 Å². The van der Waals surface area contributed by atoms with Gasteiger partial charge in [-0.1, -0.05) is 31.5 Å².